The SMILES string of the molecule is O=C(O)Cc1nc2ncc(CCO)cn2n1. The smallest absolute Gasteiger partial charge is 0.311 e. The van der Waals surface area contributed by atoms with E-state index in [4.69, 9.17) is 10.2 Å². The third kappa shape index (κ3) is 2.14. The summed E-state index contributed by atoms with van der Waals surface area (Å²) in [6, 6.07) is 0. The number of aliphatic carboxylic acids is 1. The lowest BCUT2D eigenvalue weighted by molar-refractivity contribution is -0.136. The van der Waals surface area contributed by atoms with Crippen molar-refractivity contribution < 1.29 is 15.0 Å². The quantitative estimate of drug-likeness (QED) is 0.708. The van der Waals surface area contributed by atoms with Crippen LogP contribution in [0.4, 0.5) is 0 Å². The van der Waals surface area contributed by atoms with Crippen LogP contribution in [0.25, 0.3) is 5.78 Å². The highest BCUT2D eigenvalue weighted by Gasteiger charge is 2.08. The molecule has 2 rings (SSSR count). The van der Waals surface area contributed by atoms with Gasteiger partial charge in [0.15, 0.2) is 5.82 Å². The molecule has 7 nitrogen and oxygen atoms in total. The number of carbonyl (C=O) groups is 1. The molecule has 0 radical (unpaired) electrons. The van der Waals surface area contributed by atoms with Crippen LogP contribution in [-0.4, -0.2) is 42.4 Å². The number of hydrogen-bond donors (Lipinski definition) is 2. The van der Waals surface area contributed by atoms with Gasteiger partial charge in [0.2, 0.25) is 0 Å². The van der Waals surface area contributed by atoms with Crippen molar-refractivity contribution in [2.75, 3.05) is 6.61 Å². The van der Waals surface area contributed by atoms with Gasteiger partial charge < -0.3 is 10.2 Å². The Kier molecular flexibility index (Phi) is 2.78. The van der Waals surface area contributed by atoms with Gasteiger partial charge in [0.25, 0.3) is 5.78 Å². The largest absolute Gasteiger partial charge is 0.481 e. The maximum atomic E-state index is 10.5. The van der Waals surface area contributed by atoms with Gasteiger partial charge in [-0.15, -0.1) is 5.10 Å². The summed E-state index contributed by atoms with van der Waals surface area (Å²) in [7, 11) is 0. The first-order valence-corrected chi connectivity index (χ1v) is 4.72. The predicted octanol–water partition coefficient (Wildman–Crippen LogP) is -0.714. The summed E-state index contributed by atoms with van der Waals surface area (Å²) < 4.78 is 1.42. The van der Waals surface area contributed by atoms with E-state index in [0.29, 0.717) is 12.2 Å². The van der Waals surface area contributed by atoms with Crippen LogP contribution < -0.4 is 0 Å². The fraction of sp³-hybridized carbons (Fsp3) is 0.333. The topological polar surface area (TPSA) is 101 Å². The Morgan fingerprint density at radius 3 is 3.00 bits per heavy atom. The number of rotatable bonds is 4. The molecule has 2 aromatic rings. The zero-order valence-electron chi connectivity index (χ0n) is 8.37. The summed E-state index contributed by atoms with van der Waals surface area (Å²) in [6.45, 7) is 0.0316. The molecule has 84 valence electrons. The molecule has 0 atom stereocenters. The molecular formula is C9H10N4O3. The number of hydrogen-bond acceptors (Lipinski definition) is 5. The average Bonchev–Trinajstić information content (AvgIpc) is 2.58. The number of aliphatic hydroxyl groups is 1. The molecule has 7 heteroatoms. The van der Waals surface area contributed by atoms with Crippen LogP contribution in [0.15, 0.2) is 12.4 Å². The molecule has 0 aliphatic rings. The highest BCUT2D eigenvalue weighted by atomic mass is 16.4. The van der Waals surface area contributed by atoms with Gasteiger partial charge in [-0.25, -0.2) is 9.50 Å². The molecular weight excluding hydrogens is 212 g/mol. The van der Waals surface area contributed by atoms with E-state index < -0.39 is 5.97 Å². The third-order valence-corrected chi connectivity index (χ3v) is 2.00. The second-order valence-electron chi connectivity index (χ2n) is 3.28. The number of aromatic nitrogens is 4. The molecule has 2 aromatic heterocycles. The van der Waals surface area contributed by atoms with Crippen molar-refractivity contribution in [2.24, 2.45) is 0 Å². The van der Waals surface area contributed by atoms with Crippen LogP contribution in [0.3, 0.4) is 0 Å². The van der Waals surface area contributed by atoms with E-state index in [9.17, 15) is 4.79 Å². The van der Waals surface area contributed by atoms with Gasteiger partial charge in [-0.3, -0.25) is 4.79 Å². The molecule has 0 bridgehead atoms. The van der Waals surface area contributed by atoms with Crippen LogP contribution in [0.1, 0.15) is 11.4 Å². The van der Waals surface area contributed by atoms with E-state index in [1.165, 1.54) is 4.52 Å². The van der Waals surface area contributed by atoms with E-state index in [0.717, 1.165) is 5.56 Å². The minimum Gasteiger partial charge on any atom is -0.481 e. The maximum Gasteiger partial charge on any atom is 0.311 e. The second-order valence-corrected chi connectivity index (χ2v) is 3.28. The Morgan fingerprint density at radius 2 is 2.31 bits per heavy atom. The first kappa shape index (κ1) is 10.5. The predicted molar refractivity (Wildman–Crippen MR) is 52.9 cm³/mol. The maximum absolute atomic E-state index is 10.5. The number of fused-ring (bicyclic) bond motifs is 1. The van der Waals surface area contributed by atoms with Crippen molar-refractivity contribution in [3.8, 4) is 0 Å². The van der Waals surface area contributed by atoms with Gasteiger partial charge in [-0.05, 0) is 12.0 Å². The van der Waals surface area contributed by atoms with Gasteiger partial charge in [0, 0.05) is 19.0 Å². The standard InChI is InChI=1S/C9H10N4O3/c14-2-1-6-4-10-9-11-7(3-8(15)16)12-13(9)5-6/h4-5,14H,1-3H2,(H,15,16). The van der Waals surface area contributed by atoms with Gasteiger partial charge in [0.05, 0.1) is 0 Å². The molecule has 0 saturated heterocycles. The number of carboxylic acids is 1. The van der Waals surface area contributed by atoms with Crippen LogP contribution >= 0.6 is 0 Å². The average molecular weight is 222 g/mol. The van der Waals surface area contributed by atoms with Gasteiger partial charge in [0.1, 0.15) is 6.42 Å². The summed E-state index contributed by atoms with van der Waals surface area (Å²) >= 11 is 0. The van der Waals surface area contributed by atoms with Crippen molar-refractivity contribution in [3.05, 3.63) is 23.8 Å². The Balaban J connectivity index is 2.34. The zero-order chi connectivity index (χ0) is 11.5. The minimum absolute atomic E-state index is 0.0316. The van der Waals surface area contributed by atoms with Crippen molar-refractivity contribution >= 4 is 11.7 Å². The summed E-state index contributed by atoms with van der Waals surface area (Å²) in [5.41, 5.74) is 0.821. The lowest BCUT2D eigenvalue weighted by Crippen LogP contribution is -2.02. The van der Waals surface area contributed by atoms with Crippen LogP contribution in [0.5, 0.6) is 0 Å². The zero-order valence-corrected chi connectivity index (χ0v) is 8.37. The molecule has 2 heterocycles. The Morgan fingerprint density at radius 1 is 1.50 bits per heavy atom. The van der Waals surface area contributed by atoms with E-state index >= 15 is 0 Å². The lowest BCUT2D eigenvalue weighted by atomic mass is 10.3. The first-order chi connectivity index (χ1) is 7.69. The number of nitrogens with zero attached hydrogens (tertiary/aromatic N) is 4. The molecule has 0 amide bonds. The molecule has 16 heavy (non-hydrogen) atoms. The molecule has 0 aliphatic carbocycles. The molecule has 2 N–H and O–H groups in total. The fourth-order valence-corrected chi connectivity index (χ4v) is 1.33. The number of carboxylic acid groups (broad SMARTS) is 1. The number of aliphatic hydroxyl groups excluding tert-OH is 1. The fourth-order valence-electron chi connectivity index (χ4n) is 1.33. The van der Waals surface area contributed by atoms with Gasteiger partial charge >= 0.3 is 5.97 Å². The molecule has 0 fully saturated rings. The summed E-state index contributed by atoms with van der Waals surface area (Å²) in [6.07, 6.45) is 3.53. The molecule has 0 aliphatic heterocycles. The highest BCUT2D eigenvalue weighted by Crippen LogP contribution is 2.02. The molecule has 0 spiro atoms. The summed E-state index contributed by atoms with van der Waals surface area (Å²) in [5, 5.41) is 21.3. The van der Waals surface area contributed by atoms with Crippen molar-refractivity contribution in [3.63, 3.8) is 0 Å². The minimum atomic E-state index is -0.980. The highest BCUT2D eigenvalue weighted by molar-refractivity contribution is 5.69. The van der Waals surface area contributed by atoms with Crippen LogP contribution in [0.2, 0.25) is 0 Å². The van der Waals surface area contributed by atoms with Crippen molar-refractivity contribution in [1.82, 2.24) is 19.6 Å². The third-order valence-electron chi connectivity index (χ3n) is 2.00. The molecule has 0 aromatic carbocycles. The van der Waals surface area contributed by atoms with E-state index in [2.05, 4.69) is 15.1 Å². The van der Waals surface area contributed by atoms with Gasteiger partial charge in [-0.2, -0.15) is 4.98 Å². The monoisotopic (exact) mass is 222 g/mol. The van der Waals surface area contributed by atoms with Crippen LogP contribution in [-0.2, 0) is 17.6 Å². The summed E-state index contributed by atoms with van der Waals surface area (Å²) in [4.78, 5) is 18.4. The Bertz CT molecular complexity index is 522. The normalized spacial score (nSPS) is 10.8. The summed E-state index contributed by atoms with van der Waals surface area (Å²) in [5.74, 6) is -0.398. The Hall–Kier alpha value is -2.02. The van der Waals surface area contributed by atoms with E-state index in [1.807, 2.05) is 0 Å². The second kappa shape index (κ2) is 4.23. The van der Waals surface area contributed by atoms with E-state index in [1.54, 1.807) is 12.4 Å². The van der Waals surface area contributed by atoms with Crippen LogP contribution in [0, 0.1) is 0 Å². The first-order valence-electron chi connectivity index (χ1n) is 4.72. The van der Waals surface area contributed by atoms with Crippen molar-refractivity contribution in [1.29, 1.82) is 0 Å². The van der Waals surface area contributed by atoms with Crippen molar-refractivity contribution in [2.45, 2.75) is 12.8 Å². The Labute approximate surface area is 90.4 Å². The molecule has 0 saturated carbocycles. The molecule has 0 unspecified atom stereocenters. The van der Waals surface area contributed by atoms with E-state index in [-0.39, 0.29) is 18.9 Å². The van der Waals surface area contributed by atoms with Gasteiger partial charge in [-0.1, -0.05) is 0 Å². The lowest BCUT2D eigenvalue weighted by Gasteiger charge is -1.96.